The third kappa shape index (κ3) is 5.02. The van der Waals surface area contributed by atoms with E-state index in [0.29, 0.717) is 0 Å². The fraction of sp³-hybridized carbons (Fsp3) is 0.0208. The lowest BCUT2D eigenvalue weighted by Gasteiger charge is -2.35. The minimum atomic E-state index is -0.927. The summed E-state index contributed by atoms with van der Waals surface area (Å²) in [5.41, 5.74) is 12.4. The highest BCUT2D eigenvalue weighted by Gasteiger charge is 2.46. The predicted molar refractivity (Wildman–Crippen MR) is 208 cm³/mol. The molecular weight excluding hydrogens is 623 g/mol. The Morgan fingerprint density at radius 3 is 1.61 bits per heavy atom. The van der Waals surface area contributed by atoms with Gasteiger partial charge in [-0.25, -0.2) is 4.79 Å². The summed E-state index contributed by atoms with van der Waals surface area (Å²) in [5, 5.41) is 11.8. The quantitative estimate of drug-likeness (QED) is 0.186. The van der Waals surface area contributed by atoms with Gasteiger partial charge in [0.2, 0.25) is 0 Å². The van der Waals surface area contributed by atoms with E-state index < -0.39 is 11.4 Å². The summed E-state index contributed by atoms with van der Waals surface area (Å²) < 4.78 is 0. The van der Waals surface area contributed by atoms with Crippen LogP contribution in [0.5, 0.6) is 0 Å². The number of hydrogen-bond acceptors (Lipinski definition) is 2. The van der Waals surface area contributed by atoms with Crippen molar-refractivity contribution in [1.82, 2.24) is 0 Å². The van der Waals surface area contributed by atoms with Crippen LogP contribution in [-0.4, -0.2) is 11.1 Å². The van der Waals surface area contributed by atoms with Crippen molar-refractivity contribution in [3.63, 3.8) is 0 Å². The van der Waals surface area contributed by atoms with Crippen LogP contribution in [0.25, 0.3) is 33.0 Å². The molecule has 0 spiro atoms. The van der Waals surface area contributed by atoms with Gasteiger partial charge in [0, 0.05) is 17.1 Å². The molecule has 8 aromatic carbocycles. The average molecular weight is 656 g/mol. The minimum absolute atomic E-state index is 0.277. The first-order valence-corrected chi connectivity index (χ1v) is 17.2. The molecule has 0 fully saturated rings. The number of aromatic carboxylic acids is 1. The molecule has 0 radical (unpaired) electrons. The summed E-state index contributed by atoms with van der Waals surface area (Å²) >= 11 is 0. The zero-order valence-corrected chi connectivity index (χ0v) is 27.8. The van der Waals surface area contributed by atoms with E-state index in [1.54, 1.807) is 12.1 Å². The van der Waals surface area contributed by atoms with E-state index in [0.717, 1.165) is 28.2 Å². The van der Waals surface area contributed by atoms with Crippen LogP contribution in [0.15, 0.2) is 194 Å². The van der Waals surface area contributed by atoms with Gasteiger partial charge in [0.25, 0.3) is 0 Å². The number of benzene rings is 8. The van der Waals surface area contributed by atoms with Crippen LogP contribution < -0.4 is 4.90 Å². The van der Waals surface area contributed by atoms with Gasteiger partial charge in [0.15, 0.2) is 0 Å². The molecule has 0 unspecified atom stereocenters. The third-order valence-corrected chi connectivity index (χ3v) is 10.3. The number of anilines is 3. The maximum atomic E-state index is 11.5. The molecule has 8 aromatic rings. The Hall–Kier alpha value is -6.71. The number of fused-ring (bicyclic) bond motifs is 4. The van der Waals surface area contributed by atoms with Crippen LogP contribution in [0.3, 0.4) is 0 Å². The van der Waals surface area contributed by atoms with Crippen LogP contribution >= 0.6 is 0 Å². The second kappa shape index (κ2) is 12.3. The van der Waals surface area contributed by atoms with Gasteiger partial charge < -0.3 is 10.0 Å². The van der Waals surface area contributed by atoms with Gasteiger partial charge in [-0.1, -0.05) is 146 Å². The molecule has 51 heavy (non-hydrogen) atoms. The number of hydrogen-bond donors (Lipinski definition) is 1. The summed E-state index contributed by atoms with van der Waals surface area (Å²) in [6.45, 7) is 0. The van der Waals surface area contributed by atoms with Crippen LogP contribution in [0, 0.1) is 0 Å². The standard InChI is InChI=1S/C48H33NO2/c50-47(51)36-21-19-34(20-22-36)35-23-26-40(27-24-35)49(41-28-25-33-11-7-8-12-37(33)31-41)42-29-30-44-43-17-9-10-18-45(43)48(46(44)32-42,38-13-3-1-4-14-38)39-15-5-2-6-16-39/h1-32H,(H,50,51). The van der Waals surface area contributed by atoms with Gasteiger partial charge in [-0.3, -0.25) is 0 Å². The second-order valence-corrected chi connectivity index (χ2v) is 13.1. The van der Waals surface area contributed by atoms with Crippen LogP contribution in [0.1, 0.15) is 32.6 Å². The highest BCUT2D eigenvalue weighted by molar-refractivity contribution is 5.93. The van der Waals surface area contributed by atoms with Crippen LogP contribution in [-0.2, 0) is 5.41 Å². The van der Waals surface area contributed by atoms with Crippen molar-refractivity contribution in [3.05, 3.63) is 222 Å². The molecule has 3 nitrogen and oxygen atoms in total. The Labute approximate surface area is 297 Å². The summed E-state index contributed by atoms with van der Waals surface area (Å²) in [7, 11) is 0. The Balaban J connectivity index is 1.26. The highest BCUT2D eigenvalue weighted by Crippen LogP contribution is 2.57. The molecule has 0 saturated carbocycles. The van der Waals surface area contributed by atoms with E-state index in [2.05, 4.69) is 175 Å². The molecule has 9 rings (SSSR count). The Bertz CT molecular complexity index is 2500. The second-order valence-electron chi connectivity index (χ2n) is 13.1. The molecule has 242 valence electrons. The fourth-order valence-electron chi connectivity index (χ4n) is 7.94. The smallest absolute Gasteiger partial charge is 0.335 e. The molecule has 0 aliphatic heterocycles. The van der Waals surface area contributed by atoms with Crippen molar-refractivity contribution < 1.29 is 9.90 Å². The van der Waals surface area contributed by atoms with Crippen molar-refractivity contribution in [2.75, 3.05) is 4.90 Å². The molecule has 0 bridgehead atoms. The Kier molecular flexibility index (Phi) is 7.33. The molecule has 0 heterocycles. The van der Waals surface area contributed by atoms with E-state index in [4.69, 9.17) is 0 Å². The van der Waals surface area contributed by atoms with Gasteiger partial charge >= 0.3 is 5.97 Å². The zero-order valence-electron chi connectivity index (χ0n) is 27.8. The normalized spacial score (nSPS) is 12.6. The predicted octanol–water partition coefficient (Wildman–Crippen LogP) is 12.0. The summed E-state index contributed by atoms with van der Waals surface area (Å²) in [5.74, 6) is -0.927. The summed E-state index contributed by atoms with van der Waals surface area (Å²) in [6, 6.07) is 68.2. The van der Waals surface area contributed by atoms with E-state index in [1.165, 1.54) is 44.2 Å². The monoisotopic (exact) mass is 655 g/mol. The first-order valence-electron chi connectivity index (χ1n) is 17.2. The van der Waals surface area contributed by atoms with Crippen LogP contribution in [0.4, 0.5) is 17.1 Å². The first kappa shape index (κ1) is 30.4. The Morgan fingerprint density at radius 2 is 0.941 bits per heavy atom. The van der Waals surface area contributed by atoms with E-state index in [1.807, 2.05) is 12.1 Å². The maximum absolute atomic E-state index is 11.5. The zero-order chi connectivity index (χ0) is 34.4. The van der Waals surface area contributed by atoms with Crippen molar-refractivity contribution in [2.45, 2.75) is 5.41 Å². The number of carbonyl (C=O) groups is 1. The molecule has 0 aromatic heterocycles. The van der Waals surface area contributed by atoms with Gasteiger partial charge in [-0.15, -0.1) is 0 Å². The third-order valence-electron chi connectivity index (χ3n) is 10.3. The molecule has 1 aliphatic carbocycles. The van der Waals surface area contributed by atoms with Crippen molar-refractivity contribution in [1.29, 1.82) is 0 Å². The molecule has 0 atom stereocenters. The van der Waals surface area contributed by atoms with Gasteiger partial charge in [-0.05, 0) is 104 Å². The van der Waals surface area contributed by atoms with E-state index >= 15 is 0 Å². The van der Waals surface area contributed by atoms with E-state index in [-0.39, 0.29) is 5.56 Å². The highest BCUT2D eigenvalue weighted by atomic mass is 16.4. The molecule has 0 saturated heterocycles. The lowest BCUT2D eigenvalue weighted by atomic mass is 9.67. The summed E-state index contributed by atoms with van der Waals surface area (Å²) in [4.78, 5) is 13.8. The largest absolute Gasteiger partial charge is 0.478 e. The molecule has 1 N–H and O–H groups in total. The first-order chi connectivity index (χ1) is 25.1. The lowest BCUT2D eigenvalue weighted by molar-refractivity contribution is 0.0697. The lowest BCUT2D eigenvalue weighted by Crippen LogP contribution is -2.28. The average Bonchev–Trinajstić information content (AvgIpc) is 3.49. The minimum Gasteiger partial charge on any atom is -0.478 e. The molecule has 3 heteroatoms. The van der Waals surface area contributed by atoms with Gasteiger partial charge in [-0.2, -0.15) is 0 Å². The number of carboxylic acids is 1. The van der Waals surface area contributed by atoms with Crippen molar-refractivity contribution >= 4 is 33.8 Å². The van der Waals surface area contributed by atoms with Gasteiger partial charge in [0.1, 0.15) is 0 Å². The summed E-state index contributed by atoms with van der Waals surface area (Å²) in [6.07, 6.45) is 0. The van der Waals surface area contributed by atoms with Crippen molar-refractivity contribution in [3.8, 4) is 22.3 Å². The topological polar surface area (TPSA) is 40.5 Å². The molecular formula is C48H33NO2. The SMILES string of the molecule is O=C(O)c1ccc(-c2ccc(N(c3ccc4c(c3)C(c3ccccc3)(c3ccccc3)c3ccccc3-4)c3ccc4ccccc4c3)cc2)cc1. The maximum Gasteiger partial charge on any atom is 0.335 e. The molecule has 0 amide bonds. The van der Waals surface area contributed by atoms with Crippen LogP contribution in [0.2, 0.25) is 0 Å². The van der Waals surface area contributed by atoms with Gasteiger partial charge in [0.05, 0.1) is 11.0 Å². The molecule has 1 aliphatic rings. The fourth-order valence-corrected chi connectivity index (χ4v) is 7.94. The van der Waals surface area contributed by atoms with Crippen molar-refractivity contribution in [2.24, 2.45) is 0 Å². The number of nitrogens with zero attached hydrogens (tertiary/aromatic N) is 1. The Morgan fingerprint density at radius 1 is 0.431 bits per heavy atom. The van der Waals surface area contributed by atoms with E-state index in [9.17, 15) is 9.90 Å². The number of rotatable bonds is 7. The number of carboxylic acid groups (broad SMARTS) is 1.